The molecule has 0 radical (unpaired) electrons. The fourth-order valence-corrected chi connectivity index (χ4v) is 4.15. The van der Waals surface area contributed by atoms with Crippen molar-refractivity contribution in [3.05, 3.63) is 88.7 Å². The number of carboxylic acid groups (broad SMARTS) is 1. The molecule has 1 aliphatic rings. The van der Waals surface area contributed by atoms with Crippen LogP contribution in [0.4, 0.5) is 39.4 Å². The molecular formula is C27H20F4N4O4. The van der Waals surface area contributed by atoms with E-state index in [1.165, 1.54) is 62.4 Å². The summed E-state index contributed by atoms with van der Waals surface area (Å²) in [5, 5.41) is 21.5. The number of amides is 3. The van der Waals surface area contributed by atoms with E-state index in [4.69, 9.17) is 5.26 Å². The van der Waals surface area contributed by atoms with E-state index in [2.05, 4.69) is 5.32 Å². The molecular weight excluding hydrogens is 520 g/mol. The Labute approximate surface area is 219 Å². The van der Waals surface area contributed by atoms with Crippen LogP contribution >= 0.6 is 0 Å². The van der Waals surface area contributed by atoms with Crippen LogP contribution in [0.25, 0.3) is 0 Å². The Morgan fingerprint density at radius 1 is 1.05 bits per heavy atom. The predicted octanol–water partition coefficient (Wildman–Crippen LogP) is 5.91. The van der Waals surface area contributed by atoms with Crippen LogP contribution in [0.15, 0.2) is 60.7 Å². The lowest BCUT2D eigenvalue weighted by atomic mass is 10.0. The zero-order chi connectivity index (χ0) is 28.7. The summed E-state index contributed by atoms with van der Waals surface area (Å²) in [6.45, 7) is 2.64. The highest BCUT2D eigenvalue weighted by Crippen LogP contribution is 2.39. The summed E-state index contributed by atoms with van der Waals surface area (Å²) < 4.78 is 53.9. The van der Waals surface area contributed by atoms with Crippen LogP contribution in [-0.2, 0) is 17.5 Å². The number of halogens is 4. The third-order valence-electron chi connectivity index (χ3n) is 6.32. The fraction of sp³-hybridized carbons (Fsp3) is 0.185. The highest BCUT2D eigenvalue weighted by molar-refractivity contribution is 6.23. The van der Waals surface area contributed by atoms with Crippen molar-refractivity contribution >= 4 is 35.0 Å². The minimum Gasteiger partial charge on any atom is -0.478 e. The second kappa shape index (κ2) is 9.75. The molecule has 0 atom stereocenters. The maximum Gasteiger partial charge on any atom is 0.417 e. The molecule has 39 heavy (non-hydrogen) atoms. The molecule has 1 fully saturated rings. The SMILES string of the molecule is CC1(C)C(=O)N(c2ccc(C#N)c(C(F)(F)F)c2)C(=O)N1Cc1ccc(C(=O)O)cc1Nc1ccc(F)cc1. The van der Waals surface area contributed by atoms with E-state index in [9.17, 15) is 37.1 Å². The number of imide groups is 1. The maximum absolute atomic E-state index is 13.5. The number of hydrogen-bond donors (Lipinski definition) is 2. The molecule has 2 N–H and O–H groups in total. The Hall–Kier alpha value is -4.92. The van der Waals surface area contributed by atoms with E-state index in [0.717, 1.165) is 17.0 Å². The minimum absolute atomic E-state index is 0.0784. The Morgan fingerprint density at radius 2 is 1.72 bits per heavy atom. The Balaban J connectivity index is 1.73. The van der Waals surface area contributed by atoms with Gasteiger partial charge in [-0.05, 0) is 74.0 Å². The normalized spacial score (nSPS) is 14.9. The largest absolute Gasteiger partial charge is 0.478 e. The lowest BCUT2D eigenvalue weighted by molar-refractivity contribution is -0.137. The molecule has 4 rings (SSSR count). The van der Waals surface area contributed by atoms with Gasteiger partial charge in [-0.3, -0.25) is 4.79 Å². The zero-order valence-corrected chi connectivity index (χ0v) is 20.5. The van der Waals surface area contributed by atoms with Gasteiger partial charge in [0.15, 0.2) is 0 Å². The van der Waals surface area contributed by atoms with Gasteiger partial charge in [0.2, 0.25) is 0 Å². The maximum atomic E-state index is 13.5. The number of carbonyl (C=O) groups is 3. The summed E-state index contributed by atoms with van der Waals surface area (Å²) >= 11 is 0. The van der Waals surface area contributed by atoms with Gasteiger partial charge < -0.3 is 15.3 Å². The number of nitrogens with one attached hydrogen (secondary N) is 1. The van der Waals surface area contributed by atoms with Crippen molar-refractivity contribution in [1.29, 1.82) is 5.26 Å². The van der Waals surface area contributed by atoms with E-state index < -0.39 is 46.6 Å². The van der Waals surface area contributed by atoms with Gasteiger partial charge in [0, 0.05) is 11.4 Å². The fourth-order valence-electron chi connectivity index (χ4n) is 4.15. The summed E-state index contributed by atoms with van der Waals surface area (Å²) in [4.78, 5) is 40.1. The Morgan fingerprint density at radius 3 is 2.31 bits per heavy atom. The van der Waals surface area contributed by atoms with E-state index >= 15 is 0 Å². The summed E-state index contributed by atoms with van der Waals surface area (Å²) in [6.07, 6.45) is -4.89. The number of nitriles is 1. The van der Waals surface area contributed by atoms with Gasteiger partial charge in [0.25, 0.3) is 5.91 Å². The first-order valence-corrected chi connectivity index (χ1v) is 11.4. The molecule has 3 amide bonds. The van der Waals surface area contributed by atoms with Crippen LogP contribution in [0, 0.1) is 17.1 Å². The van der Waals surface area contributed by atoms with E-state index in [-0.39, 0.29) is 23.5 Å². The van der Waals surface area contributed by atoms with Crippen LogP contribution in [0.1, 0.15) is 40.9 Å². The molecule has 0 bridgehead atoms. The molecule has 200 valence electrons. The second-order valence-electron chi connectivity index (χ2n) is 9.22. The topological polar surface area (TPSA) is 114 Å². The van der Waals surface area contributed by atoms with Gasteiger partial charge in [0.1, 0.15) is 11.4 Å². The molecule has 0 spiro atoms. The van der Waals surface area contributed by atoms with Crippen LogP contribution in [0.3, 0.4) is 0 Å². The second-order valence-corrected chi connectivity index (χ2v) is 9.22. The number of carboxylic acids is 1. The van der Waals surface area contributed by atoms with Crippen molar-refractivity contribution < 1.29 is 37.1 Å². The molecule has 3 aromatic carbocycles. The molecule has 3 aromatic rings. The molecule has 8 nitrogen and oxygen atoms in total. The quantitative estimate of drug-likeness (QED) is 0.297. The molecule has 0 saturated carbocycles. The highest BCUT2D eigenvalue weighted by Gasteiger charge is 2.52. The van der Waals surface area contributed by atoms with Crippen molar-refractivity contribution in [3.8, 4) is 6.07 Å². The number of rotatable bonds is 6. The number of nitrogens with zero attached hydrogens (tertiary/aromatic N) is 3. The first-order valence-electron chi connectivity index (χ1n) is 11.4. The third-order valence-corrected chi connectivity index (χ3v) is 6.32. The Kier molecular flexibility index (Phi) is 6.78. The van der Waals surface area contributed by atoms with Crippen molar-refractivity contribution in [3.63, 3.8) is 0 Å². The van der Waals surface area contributed by atoms with Crippen molar-refractivity contribution in [2.75, 3.05) is 10.2 Å². The van der Waals surface area contributed by atoms with Gasteiger partial charge in [0.05, 0.1) is 35.0 Å². The van der Waals surface area contributed by atoms with Crippen molar-refractivity contribution in [2.24, 2.45) is 0 Å². The number of anilines is 3. The first kappa shape index (κ1) is 27.1. The molecule has 0 aromatic heterocycles. The molecule has 0 aliphatic carbocycles. The number of urea groups is 1. The average Bonchev–Trinajstić information content (AvgIpc) is 3.04. The summed E-state index contributed by atoms with van der Waals surface area (Å²) in [6, 6.07) is 12.4. The number of hydrogen-bond acceptors (Lipinski definition) is 5. The first-order chi connectivity index (χ1) is 18.2. The minimum atomic E-state index is -4.89. The van der Waals surface area contributed by atoms with Crippen LogP contribution in [0.2, 0.25) is 0 Å². The predicted molar refractivity (Wildman–Crippen MR) is 132 cm³/mol. The van der Waals surface area contributed by atoms with Crippen LogP contribution < -0.4 is 10.2 Å². The number of aromatic carboxylic acids is 1. The van der Waals surface area contributed by atoms with Crippen LogP contribution in [0.5, 0.6) is 0 Å². The van der Waals surface area contributed by atoms with E-state index in [1.54, 1.807) is 0 Å². The van der Waals surface area contributed by atoms with Gasteiger partial charge in [-0.25, -0.2) is 18.9 Å². The number of alkyl halides is 3. The standard InChI is InChI=1S/C27H20F4N4O4/c1-26(2)24(38)35(20-10-5-16(13-32)21(12-20)27(29,30)31)25(39)34(26)14-17-4-3-15(23(36)37)11-22(17)33-19-8-6-18(28)7-9-19/h3-12,33H,14H2,1-2H3,(H,36,37). The molecule has 12 heteroatoms. The van der Waals surface area contributed by atoms with Crippen molar-refractivity contribution in [1.82, 2.24) is 4.90 Å². The summed E-state index contributed by atoms with van der Waals surface area (Å²) in [7, 11) is 0. The van der Waals surface area contributed by atoms with E-state index in [0.29, 0.717) is 22.2 Å². The lowest BCUT2D eigenvalue weighted by Crippen LogP contribution is -2.43. The average molecular weight is 540 g/mol. The van der Waals surface area contributed by atoms with Gasteiger partial charge in [-0.1, -0.05) is 6.07 Å². The Bertz CT molecular complexity index is 1530. The molecule has 1 aliphatic heterocycles. The summed E-state index contributed by atoms with van der Waals surface area (Å²) in [5.41, 5.74) is -2.80. The van der Waals surface area contributed by atoms with Gasteiger partial charge >= 0.3 is 18.2 Å². The molecule has 1 heterocycles. The highest BCUT2D eigenvalue weighted by atomic mass is 19.4. The number of benzene rings is 3. The molecule has 0 unspecified atom stereocenters. The lowest BCUT2D eigenvalue weighted by Gasteiger charge is -2.28. The third kappa shape index (κ3) is 5.11. The summed E-state index contributed by atoms with van der Waals surface area (Å²) in [5.74, 6) is -2.50. The monoisotopic (exact) mass is 540 g/mol. The van der Waals surface area contributed by atoms with E-state index in [1.807, 2.05) is 0 Å². The number of carbonyl (C=O) groups excluding carboxylic acids is 2. The van der Waals surface area contributed by atoms with Crippen molar-refractivity contribution in [2.45, 2.75) is 32.1 Å². The molecule has 1 saturated heterocycles. The van der Waals surface area contributed by atoms with Gasteiger partial charge in [-0.15, -0.1) is 0 Å². The smallest absolute Gasteiger partial charge is 0.417 e. The zero-order valence-electron chi connectivity index (χ0n) is 20.5. The van der Waals surface area contributed by atoms with Crippen LogP contribution in [-0.4, -0.2) is 33.5 Å². The van der Waals surface area contributed by atoms with Gasteiger partial charge in [-0.2, -0.15) is 18.4 Å².